The molecule has 4 aromatic rings. The summed E-state index contributed by atoms with van der Waals surface area (Å²) in [6, 6.07) is 8.37. The highest BCUT2D eigenvalue weighted by Gasteiger charge is 2.31. The topological polar surface area (TPSA) is 54.6 Å². The van der Waals surface area contributed by atoms with Crippen LogP contribution in [0.5, 0.6) is 0 Å². The number of carbonyl (C=O) groups is 1. The van der Waals surface area contributed by atoms with Crippen molar-refractivity contribution in [2.75, 3.05) is 0 Å². The maximum Gasteiger partial charge on any atom is 0.416 e. The first-order chi connectivity index (χ1) is 13.1. The average Bonchev–Trinajstić information content (AvgIpc) is 3.01. The molecule has 2 aromatic heterocycles. The smallest absolute Gasteiger partial charge is 0.416 e. The van der Waals surface area contributed by atoms with Gasteiger partial charge in [0, 0.05) is 11.8 Å². The fourth-order valence-corrected chi connectivity index (χ4v) is 3.19. The second kappa shape index (κ2) is 6.05. The van der Waals surface area contributed by atoms with Gasteiger partial charge in [0.05, 0.1) is 33.4 Å². The molecule has 2 heterocycles. The maximum atomic E-state index is 14.6. The van der Waals surface area contributed by atoms with E-state index in [4.69, 9.17) is 0 Å². The van der Waals surface area contributed by atoms with Gasteiger partial charge in [-0.25, -0.2) is 14.2 Å². The highest BCUT2D eigenvalue weighted by molar-refractivity contribution is 5.94. The van der Waals surface area contributed by atoms with E-state index in [-0.39, 0.29) is 22.3 Å². The first-order valence-electron chi connectivity index (χ1n) is 8.18. The Kier molecular flexibility index (Phi) is 3.88. The summed E-state index contributed by atoms with van der Waals surface area (Å²) in [5.41, 5.74) is 1.18. The number of hydrogen-bond donors (Lipinski definition) is 1. The minimum Gasteiger partial charge on any atom is -0.478 e. The predicted octanol–water partition coefficient (Wildman–Crippen LogP) is 5.32. The lowest BCUT2D eigenvalue weighted by Gasteiger charge is -2.12. The summed E-state index contributed by atoms with van der Waals surface area (Å²) < 4.78 is 54.8. The van der Waals surface area contributed by atoms with Crippen molar-refractivity contribution in [3.8, 4) is 11.3 Å². The van der Waals surface area contributed by atoms with Gasteiger partial charge in [-0.05, 0) is 55.0 Å². The Morgan fingerprint density at radius 2 is 1.82 bits per heavy atom. The van der Waals surface area contributed by atoms with Crippen LogP contribution in [0.3, 0.4) is 0 Å². The predicted molar refractivity (Wildman–Crippen MR) is 94.8 cm³/mol. The molecular weight excluding hydrogens is 376 g/mol. The largest absolute Gasteiger partial charge is 0.478 e. The van der Waals surface area contributed by atoms with Gasteiger partial charge < -0.3 is 9.51 Å². The Morgan fingerprint density at radius 3 is 2.46 bits per heavy atom. The van der Waals surface area contributed by atoms with Crippen molar-refractivity contribution < 1.29 is 27.5 Å². The molecule has 28 heavy (non-hydrogen) atoms. The van der Waals surface area contributed by atoms with Crippen molar-refractivity contribution in [2.24, 2.45) is 0 Å². The van der Waals surface area contributed by atoms with Crippen molar-refractivity contribution >= 4 is 22.5 Å². The van der Waals surface area contributed by atoms with E-state index in [1.165, 1.54) is 12.1 Å². The zero-order valence-electron chi connectivity index (χ0n) is 14.4. The van der Waals surface area contributed by atoms with Crippen LogP contribution in [0.15, 0.2) is 48.7 Å². The van der Waals surface area contributed by atoms with Crippen LogP contribution in [0.2, 0.25) is 0 Å². The number of rotatable bonds is 2. The summed E-state index contributed by atoms with van der Waals surface area (Å²) >= 11 is 0. The molecule has 1 N–H and O–H groups in total. The molecule has 4 rings (SSSR count). The van der Waals surface area contributed by atoms with Crippen LogP contribution in [-0.4, -0.2) is 20.5 Å². The number of fused-ring (bicyclic) bond motifs is 3. The van der Waals surface area contributed by atoms with Gasteiger partial charge in [0.2, 0.25) is 0 Å². The van der Waals surface area contributed by atoms with E-state index in [1.807, 2.05) is 6.92 Å². The Balaban J connectivity index is 2.03. The lowest BCUT2D eigenvalue weighted by Crippen LogP contribution is -2.06. The first kappa shape index (κ1) is 18.0. The fourth-order valence-electron chi connectivity index (χ4n) is 3.19. The zero-order valence-corrected chi connectivity index (χ0v) is 14.4. The molecular formula is C20H12F4N2O2. The molecule has 4 nitrogen and oxygen atoms in total. The van der Waals surface area contributed by atoms with E-state index >= 15 is 0 Å². The molecule has 0 spiro atoms. The highest BCUT2D eigenvalue weighted by atomic mass is 19.4. The summed E-state index contributed by atoms with van der Waals surface area (Å²) in [5.74, 6) is -2.20. The Morgan fingerprint density at radius 1 is 1.07 bits per heavy atom. The Labute approximate surface area is 155 Å². The number of aryl methyl sites for hydroxylation is 1. The molecule has 0 saturated carbocycles. The van der Waals surface area contributed by atoms with Gasteiger partial charge in [-0.2, -0.15) is 13.2 Å². The molecule has 0 saturated heterocycles. The Hall–Kier alpha value is -3.42. The second-order valence-corrected chi connectivity index (χ2v) is 6.43. The number of aromatic carboxylic acids is 1. The molecule has 0 amide bonds. The molecule has 0 bridgehead atoms. The van der Waals surface area contributed by atoms with Crippen LogP contribution < -0.4 is 0 Å². The van der Waals surface area contributed by atoms with E-state index in [0.29, 0.717) is 17.1 Å². The number of alkyl halides is 3. The molecule has 2 aromatic carbocycles. The van der Waals surface area contributed by atoms with Crippen molar-refractivity contribution in [2.45, 2.75) is 13.1 Å². The van der Waals surface area contributed by atoms with Gasteiger partial charge in [0.1, 0.15) is 5.82 Å². The number of aromatic nitrogens is 2. The van der Waals surface area contributed by atoms with Crippen LogP contribution in [-0.2, 0) is 6.18 Å². The number of halogens is 4. The van der Waals surface area contributed by atoms with Crippen LogP contribution in [0.25, 0.3) is 27.8 Å². The molecule has 0 aliphatic heterocycles. The quantitative estimate of drug-likeness (QED) is 0.473. The molecule has 8 heteroatoms. The van der Waals surface area contributed by atoms with E-state index in [0.717, 1.165) is 17.7 Å². The first-order valence-corrected chi connectivity index (χ1v) is 8.18. The van der Waals surface area contributed by atoms with Crippen LogP contribution >= 0.6 is 0 Å². The molecule has 0 unspecified atom stereocenters. The molecule has 0 atom stereocenters. The SMILES string of the molecule is Cc1cc2c(-c3ccc(C(F)(F)F)cc3F)nc3cc(C(=O)O)ccc3n2c1. The van der Waals surface area contributed by atoms with Crippen molar-refractivity contribution in [3.05, 3.63) is 71.2 Å². The monoisotopic (exact) mass is 388 g/mol. The molecule has 0 fully saturated rings. The van der Waals surface area contributed by atoms with Crippen molar-refractivity contribution in [3.63, 3.8) is 0 Å². The van der Waals surface area contributed by atoms with E-state index in [9.17, 15) is 27.5 Å². The van der Waals surface area contributed by atoms with Crippen molar-refractivity contribution in [1.82, 2.24) is 9.38 Å². The third-order valence-corrected chi connectivity index (χ3v) is 4.46. The fraction of sp³-hybridized carbons (Fsp3) is 0.100. The standard InChI is InChI=1S/C20H12F4N2O2/c1-10-6-17-18(13-4-3-12(8-14(13)21)20(22,23)24)25-15-7-11(19(27)28)2-5-16(15)26(17)9-10/h2-9H,1H3,(H,27,28). The van der Waals surface area contributed by atoms with Gasteiger partial charge >= 0.3 is 12.1 Å². The van der Waals surface area contributed by atoms with Crippen LogP contribution in [0, 0.1) is 12.7 Å². The van der Waals surface area contributed by atoms with E-state index in [2.05, 4.69) is 4.98 Å². The number of benzene rings is 2. The summed E-state index contributed by atoms with van der Waals surface area (Å²) in [5, 5.41) is 9.20. The van der Waals surface area contributed by atoms with E-state index < -0.39 is 23.5 Å². The summed E-state index contributed by atoms with van der Waals surface area (Å²) in [7, 11) is 0. The molecule has 0 aliphatic rings. The van der Waals surface area contributed by atoms with Gasteiger partial charge in [0.15, 0.2) is 0 Å². The van der Waals surface area contributed by atoms with Crippen molar-refractivity contribution in [1.29, 1.82) is 0 Å². The third-order valence-electron chi connectivity index (χ3n) is 4.46. The number of carboxylic acid groups (broad SMARTS) is 1. The summed E-state index contributed by atoms with van der Waals surface area (Å²) in [6.07, 6.45) is -2.89. The normalized spacial score (nSPS) is 12.0. The average molecular weight is 388 g/mol. The minimum absolute atomic E-state index is 0.00192. The maximum absolute atomic E-state index is 14.6. The molecule has 142 valence electrons. The zero-order chi connectivity index (χ0) is 20.2. The highest BCUT2D eigenvalue weighted by Crippen LogP contribution is 2.35. The van der Waals surface area contributed by atoms with Crippen LogP contribution in [0.1, 0.15) is 21.5 Å². The Bertz CT molecular complexity index is 1260. The number of hydrogen-bond acceptors (Lipinski definition) is 2. The van der Waals surface area contributed by atoms with Gasteiger partial charge in [0.25, 0.3) is 0 Å². The van der Waals surface area contributed by atoms with E-state index in [1.54, 1.807) is 22.7 Å². The minimum atomic E-state index is -4.66. The second-order valence-electron chi connectivity index (χ2n) is 6.43. The van der Waals surface area contributed by atoms with Gasteiger partial charge in [-0.1, -0.05) is 0 Å². The van der Waals surface area contributed by atoms with Gasteiger partial charge in [-0.15, -0.1) is 0 Å². The lowest BCUT2D eigenvalue weighted by atomic mass is 10.1. The summed E-state index contributed by atoms with van der Waals surface area (Å²) in [6.45, 7) is 1.82. The summed E-state index contributed by atoms with van der Waals surface area (Å²) in [4.78, 5) is 15.6. The number of nitrogens with zero attached hydrogens (tertiary/aromatic N) is 2. The van der Waals surface area contributed by atoms with Crippen LogP contribution in [0.4, 0.5) is 17.6 Å². The third kappa shape index (κ3) is 2.87. The molecule has 0 aliphatic carbocycles. The van der Waals surface area contributed by atoms with Gasteiger partial charge in [-0.3, -0.25) is 0 Å². The number of carboxylic acids is 1. The molecule has 0 radical (unpaired) electrons. The lowest BCUT2D eigenvalue weighted by molar-refractivity contribution is -0.137.